The van der Waals surface area contributed by atoms with E-state index in [0.717, 1.165) is 6.42 Å². The van der Waals surface area contributed by atoms with Crippen molar-refractivity contribution in [2.24, 2.45) is 11.1 Å². The maximum atomic E-state index is 10.3. The van der Waals surface area contributed by atoms with Crippen LogP contribution in [0.5, 0.6) is 0 Å². The van der Waals surface area contributed by atoms with Crippen molar-refractivity contribution in [2.75, 3.05) is 6.61 Å². The zero-order valence-electron chi connectivity index (χ0n) is 6.93. The minimum atomic E-state index is -0.648. The van der Waals surface area contributed by atoms with Crippen molar-refractivity contribution in [1.82, 2.24) is 0 Å². The predicted molar refractivity (Wildman–Crippen MR) is 42.1 cm³/mol. The van der Waals surface area contributed by atoms with Crippen molar-refractivity contribution < 1.29 is 9.53 Å². The largest absolute Gasteiger partial charge is 0.449 e. The van der Waals surface area contributed by atoms with Crippen molar-refractivity contribution in [3.05, 3.63) is 0 Å². The van der Waals surface area contributed by atoms with E-state index in [1.165, 1.54) is 19.3 Å². The predicted octanol–water partition coefficient (Wildman–Crippen LogP) is 1.66. The number of rotatable bonds is 3. The number of ether oxygens (including phenoxy) is 1. The topological polar surface area (TPSA) is 52.3 Å². The van der Waals surface area contributed by atoms with Crippen LogP contribution < -0.4 is 5.73 Å². The Morgan fingerprint density at radius 3 is 2.55 bits per heavy atom. The lowest BCUT2D eigenvalue weighted by molar-refractivity contribution is 0.0276. The molecule has 0 unspecified atom stereocenters. The van der Waals surface area contributed by atoms with E-state index in [-0.39, 0.29) is 5.41 Å². The Labute approximate surface area is 66.9 Å². The molecule has 0 atom stereocenters. The van der Waals surface area contributed by atoms with E-state index in [2.05, 4.69) is 6.92 Å². The van der Waals surface area contributed by atoms with E-state index in [0.29, 0.717) is 6.61 Å². The SMILES string of the molecule is CCC1(COC(N)=O)CCC1. The van der Waals surface area contributed by atoms with Gasteiger partial charge in [-0.1, -0.05) is 13.3 Å². The summed E-state index contributed by atoms with van der Waals surface area (Å²) in [4.78, 5) is 10.3. The maximum absolute atomic E-state index is 10.3. The standard InChI is InChI=1S/C8H15NO2/c1-2-8(4-3-5-8)6-11-7(9)10/h2-6H2,1H3,(H2,9,10). The summed E-state index contributed by atoms with van der Waals surface area (Å²) in [5.74, 6) is 0. The molecule has 0 bridgehead atoms. The van der Waals surface area contributed by atoms with Gasteiger partial charge in [-0.25, -0.2) is 4.79 Å². The number of carbonyl (C=O) groups is 1. The molecule has 11 heavy (non-hydrogen) atoms. The second-order valence-corrected chi connectivity index (χ2v) is 3.31. The number of amides is 1. The van der Waals surface area contributed by atoms with Crippen LogP contribution in [0.3, 0.4) is 0 Å². The highest BCUT2D eigenvalue weighted by molar-refractivity contribution is 5.64. The molecule has 1 aliphatic carbocycles. The number of hydrogen-bond acceptors (Lipinski definition) is 2. The summed E-state index contributed by atoms with van der Waals surface area (Å²) < 4.78 is 4.78. The molecule has 0 spiro atoms. The van der Waals surface area contributed by atoms with Gasteiger partial charge >= 0.3 is 6.09 Å². The van der Waals surface area contributed by atoms with Gasteiger partial charge < -0.3 is 10.5 Å². The van der Waals surface area contributed by atoms with Crippen LogP contribution >= 0.6 is 0 Å². The van der Waals surface area contributed by atoms with E-state index in [4.69, 9.17) is 10.5 Å². The molecule has 1 fully saturated rings. The molecule has 0 aromatic heterocycles. The summed E-state index contributed by atoms with van der Waals surface area (Å²) in [6.07, 6.45) is 4.05. The average molecular weight is 157 g/mol. The molecule has 0 aromatic carbocycles. The van der Waals surface area contributed by atoms with Crippen molar-refractivity contribution >= 4 is 6.09 Å². The second kappa shape index (κ2) is 3.11. The van der Waals surface area contributed by atoms with Crippen LogP contribution in [0.1, 0.15) is 32.6 Å². The zero-order valence-corrected chi connectivity index (χ0v) is 6.93. The monoisotopic (exact) mass is 157 g/mol. The van der Waals surface area contributed by atoms with Gasteiger partial charge in [0.15, 0.2) is 0 Å². The number of carbonyl (C=O) groups excluding carboxylic acids is 1. The molecule has 3 heteroatoms. The van der Waals surface area contributed by atoms with E-state index in [9.17, 15) is 4.79 Å². The summed E-state index contributed by atoms with van der Waals surface area (Å²) in [6, 6.07) is 0. The molecule has 0 aliphatic heterocycles. The van der Waals surface area contributed by atoms with Gasteiger partial charge in [0.05, 0.1) is 6.61 Å². The number of primary amides is 1. The van der Waals surface area contributed by atoms with Gasteiger partial charge in [-0.2, -0.15) is 0 Å². The first-order valence-corrected chi connectivity index (χ1v) is 4.11. The highest BCUT2D eigenvalue weighted by Gasteiger charge is 2.36. The highest BCUT2D eigenvalue weighted by atomic mass is 16.5. The fourth-order valence-corrected chi connectivity index (χ4v) is 1.50. The summed E-state index contributed by atoms with van der Waals surface area (Å²) in [5.41, 5.74) is 5.14. The Balaban J connectivity index is 2.27. The van der Waals surface area contributed by atoms with Crippen LogP contribution in [-0.2, 0) is 4.74 Å². The van der Waals surface area contributed by atoms with Crippen molar-refractivity contribution in [2.45, 2.75) is 32.6 Å². The summed E-state index contributed by atoms with van der Waals surface area (Å²) in [5, 5.41) is 0. The van der Waals surface area contributed by atoms with Gasteiger partial charge in [0.1, 0.15) is 0 Å². The minimum Gasteiger partial charge on any atom is -0.449 e. The number of hydrogen-bond donors (Lipinski definition) is 1. The van der Waals surface area contributed by atoms with E-state index in [1.807, 2.05) is 0 Å². The van der Waals surface area contributed by atoms with E-state index < -0.39 is 6.09 Å². The Hall–Kier alpha value is -0.730. The summed E-state index contributed by atoms with van der Waals surface area (Å²) >= 11 is 0. The second-order valence-electron chi connectivity index (χ2n) is 3.31. The first-order chi connectivity index (χ1) is 5.18. The third-order valence-corrected chi connectivity index (χ3v) is 2.68. The molecule has 1 amide bonds. The number of nitrogens with two attached hydrogens (primary N) is 1. The molecular weight excluding hydrogens is 142 g/mol. The highest BCUT2D eigenvalue weighted by Crippen LogP contribution is 2.43. The maximum Gasteiger partial charge on any atom is 0.404 e. The van der Waals surface area contributed by atoms with Crippen LogP contribution in [-0.4, -0.2) is 12.7 Å². The molecule has 1 aliphatic rings. The van der Waals surface area contributed by atoms with Crippen molar-refractivity contribution in [3.8, 4) is 0 Å². The molecule has 0 heterocycles. The van der Waals surface area contributed by atoms with Crippen LogP contribution in [0.15, 0.2) is 0 Å². The molecule has 0 aromatic rings. The quantitative estimate of drug-likeness (QED) is 0.677. The molecule has 64 valence electrons. The van der Waals surface area contributed by atoms with Crippen LogP contribution in [0.2, 0.25) is 0 Å². The smallest absolute Gasteiger partial charge is 0.404 e. The van der Waals surface area contributed by atoms with Gasteiger partial charge in [-0.15, -0.1) is 0 Å². The molecule has 3 nitrogen and oxygen atoms in total. The summed E-state index contributed by atoms with van der Waals surface area (Å²) in [7, 11) is 0. The van der Waals surface area contributed by atoms with Crippen LogP contribution in [0, 0.1) is 5.41 Å². The molecular formula is C8H15NO2. The molecule has 0 radical (unpaired) electrons. The van der Waals surface area contributed by atoms with Gasteiger partial charge in [0, 0.05) is 5.41 Å². The van der Waals surface area contributed by atoms with Gasteiger partial charge in [0.25, 0.3) is 0 Å². The van der Waals surface area contributed by atoms with E-state index >= 15 is 0 Å². The molecule has 1 saturated carbocycles. The fraction of sp³-hybridized carbons (Fsp3) is 0.875. The zero-order chi connectivity index (χ0) is 8.32. The van der Waals surface area contributed by atoms with Crippen molar-refractivity contribution in [3.63, 3.8) is 0 Å². The van der Waals surface area contributed by atoms with Crippen LogP contribution in [0.4, 0.5) is 4.79 Å². The Morgan fingerprint density at radius 1 is 1.64 bits per heavy atom. The molecule has 2 N–H and O–H groups in total. The first-order valence-electron chi connectivity index (χ1n) is 4.11. The Kier molecular flexibility index (Phi) is 2.37. The van der Waals surface area contributed by atoms with Crippen LogP contribution in [0.25, 0.3) is 0 Å². The lowest BCUT2D eigenvalue weighted by atomic mass is 9.68. The average Bonchev–Trinajstić information content (AvgIpc) is 1.86. The third-order valence-electron chi connectivity index (χ3n) is 2.68. The minimum absolute atomic E-state index is 0.273. The fourth-order valence-electron chi connectivity index (χ4n) is 1.50. The first kappa shape index (κ1) is 8.37. The lowest BCUT2D eigenvalue weighted by Gasteiger charge is -2.40. The molecule has 0 saturated heterocycles. The van der Waals surface area contributed by atoms with Gasteiger partial charge in [-0.05, 0) is 19.3 Å². The van der Waals surface area contributed by atoms with Gasteiger partial charge in [0.2, 0.25) is 0 Å². The Bertz CT molecular complexity index is 147. The lowest BCUT2D eigenvalue weighted by Crippen LogP contribution is -2.35. The molecule has 1 rings (SSSR count). The Morgan fingerprint density at radius 2 is 2.27 bits per heavy atom. The van der Waals surface area contributed by atoms with E-state index in [1.54, 1.807) is 0 Å². The third kappa shape index (κ3) is 1.85. The normalized spacial score (nSPS) is 20.5. The summed E-state index contributed by atoms with van der Waals surface area (Å²) in [6.45, 7) is 2.64. The van der Waals surface area contributed by atoms with Crippen molar-refractivity contribution in [1.29, 1.82) is 0 Å². The van der Waals surface area contributed by atoms with Gasteiger partial charge in [-0.3, -0.25) is 0 Å².